The van der Waals surface area contributed by atoms with Gasteiger partial charge in [0.05, 0.1) is 5.82 Å². The number of likely N-dealkylation sites (N-methyl/N-ethyl adjacent to an activating group) is 1. The van der Waals surface area contributed by atoms with Crippen LogP contribution in [0.5, 0.6) is 0 Å². The third-order valence-electron chi connectivity index (χ3n) is 6.11. The summed E-state index contributed by atoms with van der Waals surface area (Å²) in [6, 6.07) is 30.0. The quantitative estimate of drug-likeness (QED) is 0.561. The highest BCUT2D eigenvalue weighted by atomic mass is 15.3. The smallest absolute Gasteiger partial charge is 0.107 e. The van der Waals surface area contributed by atoms with Crippen LogP contribution >= 0.6 is 0 Å². The van der Waals surface area contributed by atoms with E-state index >= 15 is 0 Å². The fraction of sp³-hybridized carbons (Fsp3) is 0.185. The fourth-order valence-electron chi connectivity index (χ4n) is 4.35. The van der Waals surface area contributed by atoms with Crippen LogP contribution in [0, 0.1) is 0 Å². The molecule has 0 radical (unpaired) electrons. The van der Waals surface area contributed by atoms with E-state index in [0.717, 1.165) is 29.8 Å². The summed E-state index contributed by atoms with van der Waals surface area (Å²) in [5.74, 6) is 0.899. The third kappa shape index (κ3) is 3.58. The van der Waals surface area contributed by atoms with E-state index in [1.807, 2.05) is 18.2 Å². The van der Waals surface area contributed by atoms with Crippen LogP contribution in [0.25, 0.3) is 0 Å². The molecule has 0 aliphatic heterocycles. The largest absolute Gasteiger partial charge is 0.358 e. The molecule has 1 aliphatic carbocycles. The van der Waals surface area contributed by atoms with Gasteiger partial charge >= 0.3 is 0 Å². The third-order valence-corrected chi connectivity index (χ3v) is 6.11. The molecule has 2 nitrogen and oxygen atoms in total. The van der Waals surface area contributed by atoms with Crippen LogP contribution in [0.1, 0.15) is 22.3 Å². The molecule has 0 saturated carbocycles. The molecule has 29 heavy (non-hydrogen) atoms. The first-order chi connectivity index (χ1) is 14.1. The summed E-state index contributed by atoms with van der Waals surface area (Å²) in [6.45, 7) is 8.62. The molecule has 2 heteroatoms. The second-order valence-corrected chi connectivity index (χ2v) is 7.76. The van der Waals surface area contributed by atoms with Gasteiger partial charge in [-0.15, -0.1) is 6.58 Å². The first-order valence-electron chi connectivity index (χ1n) is 10.2. The highest BCUT2D eigenvalue weighted by molar-refractivity contribution is 5.44. The van der Waals surface area contributed by atoms with Crippen molar-refractivity contribution in [2.75, 3.05) is 7.05 Å². The van der Waals surface area contributed by atoms with Crippen molar-refractivity contribution in [3.8, 4) is 0 Å². The van der Waals surface area contributed by atoms with Crippen molar-refractivity contribution < 1.29 is 0 Å². The number of hydrogen-bond donors (Lipinski definition) is 1. The molecule has 3 aromatic rings. The average Bonchev–Trinajstić information content (AvgIpc) is 3.22. The number of benzene rings is 3. The Morgan fingerprint density at radius 2 is 1.31 bits per heavy atom. The summed E-state index contributed by atoms with van der Waals surface area (Å²) in [7, 11) is 2.13. The van der Waals surface area contributed by atoms with Crippen molar-refractivity contribution in [1.82, 2.24) is 10.2 Å². The van der Waals surface area contributed by atoms with E-state index in [2.05, 4.69) is 103 Å². The highest BCUT2D eigenvalue weighted by Crippen LogP contribution is 2.33. The molecular formula is C27H28N2. The van der Waals surface area contributed by atoms with Crippen molar-refractivity contribution in [2.45, 2.75) is 24.4 Å². The van der Waals surface area contributed by atoms with Crippen molar-refractivity contribution >= 4 is 0 Å². The van der Waals surface area contributed by atoms with E-state index in [9.17, 15) is 0 Å². The van der Waals surface area contributed by atoms with Gasteiger partial charge in [-0.3, -0.25) is 0 Å². The van der Waals surface area contributed by atoms with Crippen LogP contribution in [0.4, 0.5) is 0 Å². The monoisotopic (exact) mass is 380 g/mol. The van der Waals surface area contributed by atoms with E-state index in [0.29, 0.717) is 6.04 Å². The van der Waals surface area contributed by atoms with Crippen LogP contribution in [0.2, 0.25) is 0 Å². The Bertz CT molecular complexity index is 927. The summed E-state index contributed by atoms with van der Waals surface area (Å²) in [5, 5.41) is 3.73. The molecule has 1 N–H and O–H groups in total. The molecule has 0 amide bonds. The standard InChI is InChI=1S/C27H28N2/c1-4-27(24-15-7-5-8-16-24,25-17-9-6-10-18-25)28-21(2)29(3)26-19-22-13-11-12-14-23(22)20-26/h4-18,26,28H,1-2,19-20H2,3H3. The van der Waals surface area contributed by atoms with Gasteiger partial charge in [-0.05, 0) is 35.1 Å². The van der Waals surface area contributed by atoms with Crippen LogP contribution in [0.15, 0.2) is 110 Å². The lowest BCUT2D eigenvalue weighted by molar-refractivity contribution is 0.277. The summed E-state index contributed by atoms with van der Waals surface area (Å²) in [4.78, 5) is 2.28. The van der Waals surface area contributed by atoms with Gasteiger partial charge in [0, 0.05) is 13.1 Å². The molecule has 0 unspecified atom stereocenters. The minimum absolute atomic E-state index is 0.404. The predicted octanol–water partition coefficient (Wildman–Crippen LogP) is 5.28. The Morgan fingerprint density at radius 3 is 1.76 bits per heavy atom. The molecule has 0 saturated heterocycles. The zero-order chi connectivity index (χ0) is 20.3. The molecular weight excluding hydrogens is 352 g/mol. The summed E-state index contributed by atoms with van der Waals surface area (Å²) < 4.78 is 0. The Labute approximate surface area is 174 Å². The van der Waals surface area contributed by atoms with E-state index in [1.54, 1.807) is 0 Å². The van der Waals surface area contributed by atoms with Gasteiger partial charge in [0.25, 0.3) is 0 Å². The molecule has 1 aliphatic rings. The van der Waals surface area contributed by atoms with Gasteiger partial charge in [-0.2, -0.15) is 0 Å². The van der Waals surface area contributed by atoms with Crippen LogP contribution < -0.4 is 5.32 Å². The maximum Gasteiger partial charge on any atom is 0.107 e. The number of fused-ring (bicyclic) bond motifs is 1. The van der Waals surface area contributed by atoms with E-state index in [4.69, 9.17) is 0 Å². The molecule has 0 atom stereocenters. The molecule has 0 aromatic heterocycles. The first kappa shape index (κ1) is 19.1. The van der Waals surface area contributed by atoms with E-state index in [1.165, 1.54) is 11.1 Å². The first-order valence-corrected chi connectivity index (χ1v) is 10.2. The number of nitrogens with one attached hydrogen (secondary N) is 1. The lowest BCUT2D eigenvalue weighted by Gasteiger charge is -2.39. The van der Waals surface area contributed by atoms with Crippen LogP contribution in [-0.4, -0.2) is 18.0 Å². The number of hydrogen-bond acceptors (Lipinski definition) is 2. The zero-order valence-corrected chi connectivity index (χ0v) is 17.0. The lowest BCUT2D eigenvalue weighted by atomic mass is 9.82. The number of rotatable bonds is 7. The van der Waals surface area contributed by atoms with Crippen molar-refractivity contribution in [3.05, 3.63) is 132 Å². The van der Waals surface area contributed by atoms with E-state index in [-0.39, 0.29) is 0 Å². The maximum absolute atomic E-state index is 4.41. The molecule has 4 rings (SSSR count). The molecule has 3 aromatic carbocycles. The zero-order valence-electron chi connectivity index (χ0n) is 17.0. The maximum atomic E-state index is 4.41. The van der Waals surface area contributed by atoms with Crippen LogP contribution in [0.3, 0.4) is 0 Å². The van der Waals surface area contributed by atoms with E-state index < -0.39 is 5.54 Å². The highest BCUT2D eigenvalue weighted by Gasteiger charge is 2.33. The van der Waals surface area contributed by atoms with Crippen molar-refractivity contribution in [3.63, 3.8) is 0 Å². The molecule has 0 spiro atoms. The Hall–Kier alpha value is -3.26. The lowest BCUT2D eigenvalue weighted by Crippen LogP contribution is -2.47. The van der Waals surface area contributed by atoms with Crippen molar-refractivity contribution in [2.24, 2.45) is 0 Å². The van der Waals surface area contributed by atoms with Gasteiger partial charge in [0.2, 0.25) is 0 Å². The Balaban J connectivity index is 1.63. The molecule has 0 bridgehead atoms. The minimum atomic E-state index is -0.542. The van der Waals surface area contributed by atoms with Gasteiger partial charge < -0.3 is 10.2 Å². The molecule has 0 fully saturated rings. The Morgan fingerprint density at radius 1 is 0.862 bits per heavy atom. The minimum Gasteiger partial charge on any atom is -0.358 e. The van der Waals surface area contributed by atoms with Gasteiger partial charge in [-0.25, -0.2) is 0 Å². The summed E-state index contributed by atoms with van der Waals surface area (Å²) in [5.41, 5.74) is 4.63. The second kappa shape index (κ2) is 8.00. The topological polar surface area (TPSA) is 15.3 Å². The summed E-state index contributed by atoms with van der Waals surface area (Å²) >= 11 is 0. The molecule has 0 heterocycles. The SMILES string of the molecule is C=CC(NC(=C)N(C)C1Cc2ccccc2C1)(c1ccccc1)c1ccccc1. The van der Waals surface area contributed by atoms with Gasteiger partial charge in [0.15, 0.2) is 0 Å². The fourth-order valence-corrected chi connectivity index (χ4v) is 4.35. The summed E-state index contributed by atoms with van der Waals surface area (Å²) in [6.07, 6.45) is 4.08. The van der Waals surface area contributed by atoms with Gasteiger partial charge in [0.1, 0.15) is 5.54 Å². The number of nitrogens with zero attached hydrogens (tertiary/aromatic N) is 1. The van der Waals surface area contributed by atoms with Gasteiger partial charge in [-0.1, -0.05) is 97.6 Å². The normalized spacial score (nSPS) is 13.6. The Kier molecular flexibility index (Phi) is 5.26. The molecule has 146 valence electrons. The predicted molar refractivity (Wildman–Crippen MR) is 122 cm³/mol. The average molecular weight is 381 g/mol. The van der Waals surface area contributed by atoms with Crippen molar-refractivity contribution in [1.29, 1.82) is 0 Å². The second-order valence-electron chi connectivity index (χ2n) is 7.76. The van der Waals surface area contributed by atoms with Crippen LogP contribution in [-0.2, 0) is 18.4 Å².